The molecule has 0 unspecified atom stereocenters. The van der Waals surface area contributed by atoms with Crippen molar-refractivity contribution in [2.45, 2.75) is 6.18 Å². The predicted molar refractivity (Wildman–Crippen MR) is 64.9 cm³/mol. The first-order chi connectivity index (χ1) is 10.2. The summed E-state index contributed by atoms with van der Waals surface area (Å²) in [6.07, 6.45) is -4.92. The molecule has 116 valence electrons. The van der Waals surface area contributed by atoms with Gasteiger partial charge in [-0.3, -0.25) is 9.89 Å². The fraction of sp³-hybridized carbons (Fsp3) is 0.0833. The van der Waals surface area contributed by atoms with E-state index in [4.69, 9.17) is 5.11 Å². The van der Waals surface area contributed by atoms with E-state index in [0.29, 0.717) is 12.1 Å². The van der Waals surface area contributed by atoms with Crippen molar-refractivity contribution >= 4 is 17.7 Å². The van der Waals surface area contributed by atoms with Crippen LogP contribution in [0.1, 0.15) is 26.4 Å². The number of hydrogen-bond donors (Lipinski definition) is 3. The minimum Gasteiger partial charge on any atom is -0.477 e. The molecule has 0 fully saturated rings. The van der Waals surface area contributed by atoms with Crippen molar-refractivity contribution in [1.82, 2.24) is 10.2 Å². The van der Waals surface area contributed by atoms with Gasteiger partial charge in [-0.05, 0) is 18.2 Å². The van der Waals surface area contributed by atoms with Crippen LogP contribution < -0.4 is 5.32 Å². The largest absolute Gasteiger partial charge is 0.477 e. The maximum Gasteiger partial charge on any atom is 0.417 e. The van der Waals surface area contributed by atoms with Crippen LogP contribution in [0.4, 0.5) is 23.4 Å². The first-order valence-corrected chi connectivity index (χ1v) is 5.65. The number of H-pyrrole nitrogens is 1. The number of anilines is 1. The summed E-state index contributed by atoms with van der Waals surface area (Å²) in [5.74, 6) is -3.97. The zero-order valence-corrected chi connectivity index (χ0v) is 10.5. The minimum atomic E-state index is -4.92. The van der Waals surface area contributed by atoms with Crippen LogP contribution in [0.25, 0.3) is 0 Å². The Kier molecular flexibility index (Phi) is 3.85. The molecule has 0 aliphatic carbocycles. The number of carbonyl (C=O) groups excluding carboxylic acids is 1. The van der Waals surface area contributed by atoms with Gasteiger partial charge < -0.3 is 10.4 Å². The number of amides is 1. The van der Waals surface area contributed by atoms with Crippen molar-refractivity contribution in [3.05, 3.63) is 46.9 Å². The molecule has 1 aromatic heterocycles. The van der Waals surface area contributed by atoms with Crippen molar-refractivity contribution in [3.63, 3.8) is 0 Å². The second-order valence-corrected chi connectivity index (χ2v) is 4.11. The summed E-state index contributed by atoms with van der Waals surface area (Å²) in [5.41, 5.74) is -2.61. The van der Waals surface area contributed by atoms with Crippen LogP contribution in [0.15, 0.2) is 24.3 Å². The first-order valence-electron chi connectivity index (χ1n) is 5.65. The number of carbonyl (C=O) groups is 2. The van der Waals surface area contributed by atoms with Crippen molar-refractivity contribution < 1.29 is 32.3 Å². The molecule has 22 heavy (non-hydrogen) atoms. The summed E-state index contributed by atoms with van der Waals surface area (Å²) in [6, 6.07) is 2.51. The number of rotatable bonds is 3. The van der Waals surface area contributed by atoms with E-state index < -0.39 is 35.0 Å². The lowest BCUT2D eigenvalue weighted by atomic mass is 10.1. The van der Waals surface area contributed by atoms with E-state index in [1.807, 2.05) is 5.32 Å². The summed E-state index contributed by atoms with van der Waals surface area (Å²) < 4.78 is 51.3. The zero-order valence-electron chi connectivity index (χ0n) is 10.5. The van der Waals surface area contributed by atoms with Crippen LogP contribution in [0, 0.1) is 5.82 Å². The summed E-state index contributed by atoms with van der Waals surface area (Å²) in [5, 5.41) is 16.1. The number of carboxylic acid groups (broad SMARTS) is 1. The fourth-order valence-corrected chi connectivity index (χ4v) is 1.63. The normalized spacial score (nSPS) is 11.3. The molecule has 3 N–H and O–H groups in total. The van der Waals surface area contributed by atoms with Gasteiger partial charge in [0.05, 0.1) is 11.1 Å². The SMILES string of the molecule is O=C(O)c1cc(NC(=O)c2ccc(F)cc2C(F)(F)F)n[nH]1. The Hall–Kier alpha value is -2.91. The number of aromatic nitrogens is 2. The van der Waals surface area contributed by atoms with Gasteiger partial charge in [-0.25, -0.2) is 9.18 Å². The lowest BCUT2D eigenvalue weighted by Crippen LogP contribution is -2.19. The average Bonchev–Trinajstić information content (AvgIpc) is 2.86. The van der Waals surface area contributed by atoms with E-state index in [9.17, 15) is 27.2 Å². The number of nitrogens with one attached hydrogen (secondary N) is 2. The van der Waals surface area contributed by atoms with Gasteiger partial charge in [0.25, 0.3) is 5.91 Å². The van der Waals surface area contributed by atoms with Gasteiger partial charge in [0.2, 0.25) is 0 Å². The summed E-state index contributed by atoms with van der Waals surface area (Å²) in [4.78, 5) is 22.5. The molecule has 2 rings (SSSR count). The molecule has 0 saturated carbocycles. The number of halogens is 4. The van der Waals surface area contributed by atoms with Crippen molar-refractivity contribution in [1.29, 1.82) is 0 Å². The molecule has 10 heteroatoms. The van der Waals surface area contributed by atoms with Crippen molar-refractivity contribution in [2.24, 2.45) is 0 Å². The highest BCUT2D eigenvalue weighted by molar-refractivity contribution is 6.05. The second kappa shape index (κ2) is 5.47. The van der Waals surface area contributed by atoms with Gasteiger partial charge in [-0.1, -0.05) is 0 Å². The maximum absolute atomic E-state index is 12.9. The fourth-order valence-electron chi connectivity index (χ4n) is 1.63. The molecule has 6 nitrogen and oxygen atoms in total. The van der Waals surface area contributed by atoms with Gasteiger partial charge >= 0.3 is 12.1 Å². The topological polar surface area (TPSA) is 95.1 Å². The van der Waals surface area contributed by atoms with Crippen LogP contribution >= 0.6 is 0 Å². The average molecular weight is 317 g/mol. The van der Waals surface area contributed by atoms with E-state index in [1.165, 1.54) is 0 Å². The zero-order chi connectivity index (χ0) is 16.5. The lowest BCUT2D eigenvalue weighted by molar-refractivity contribution is -0.138. The highest BCUT2D eigenvalue weighted by Gasteiger charge is 2.35. The summed E-state index contributed by atoms with van der Waals surface area (Å²) in [6.45, 7) is 0. The third-order valence-corrected chi connectivity index (χ3v) is 2.58. The predicted octanol–water partition coefficient (Wildman–Crippen LogP) is 2.52. The van der Waals surface area contributed by atoms with Crippen molar-refractivity contribution in [3.8, 4) is 0 Å². The second-order valence-electron chi connectivity index (χ2n) is 4.11. The van der Waals surface area contributed by atoms with Gasteiger partial charge in [0, 0.05) is 6.07 Å². The number of carboxylic acids is 1. The van der Waals surface area contributed by atoms with Gasteiger partial charge in [-0.15, -0.1) is 0 Å². The Balaban J connectivity index is 2.31. The number of hydrogen-bond acceptors (Lipinski definition) is 3. The third kappa shape index (κ3) is 3.22. The monoisotopic (exact) mass is 317 g/mol. The van der Waals surface area contributed by atoms with Crippen LogP contribution in [0.5, 0.6) is 0 Å². The molecule has 0 aliphatic heterocycles. The number of nitrogens with zero attached hydrogens (tertiary/aromatic N) is 1. The number of benzene rings is 1. The number of aromatic carboxylic acids is 1. The Morgan fingerprint density at radius 3 is 2.45 bits per heavy atom. The smallest absolute Gasteiger partial charge is 0.417 e. The molecule has 2 aromatic rings. The van der Waals surface area contributed by atoms with Crippen LogP contribution in [-0.4, -0.2) is 27.2 Å². The van der Waals surface area contributed by atoms with E-state index in [0.717, 1.165) is 6.07 Å². The standard InChI is InChI=1S/C12H7F4N3O3/c13-5-1-2-6(7(3-5)12(14,15)16)10(20)17-9-4-8(11(21)22)18-19-9/h1-4H,(H,21,22)(H2,17,18,19,20). The Labute approximate surface area is 119 Å². The number of aromatic amines is 1. The molecule has 0 spiro atoms. The van der Waals surface area contributed by atoms with E-state index in [-0.39, 0.29) is 17.6 Å². The Morgan fingerprint density at radius 1 is 1.23 bits per heavy atom. The van der Waals surface area contributed by atoms with Gasteiger partial charge in [0.1, 0.15) is 11.5 Å². The highest BCUT2D eigenvalue weighted by atomic mass is 19.4. The first kappa shape index (κ1) is 15.5. The lowest BCUT2D eigenvalue weighted by Gasteiger charge is -2.12. The van der Waals surface area contributed by atoms with Crippen LogP contribution in [0.3, 0.4) is 0 Å². The van der Waals surface area contributed by atoms with Crippen LogP contribution in [0.2, 0.25) is 0 Å². The third-order valence-electron chi connectivity index (χ3n) is 2.58. The summed E-state index contributed by atoms with van der Waals surface area (Å²) >= 11 is 0. The Morgan fingerprint density at radius 2 is 1.91 bits per heavy atom. The molecule has 0 aliphatic rings. The molecule has 0 bridgehead atoms. The molecule has 1 amide bonds. The molecule has 0 saturated heterocycles. The summed E-state index contributed by atoms with van der Waals surface area (Å²) in [7, 11) is 0. The number of alkyl halides is 3. The van der Waals surface area contributed by atoms with E-state index in [2.05, 4.69) is 10.2 Å². The quantitative estimate of drug-likeness (QED) is 0.758. The van der Waals surface area contributed by atoms with Crippen LogP contribution in [-0.2, 0) is 6.18 Å². The molecule has 1 aromatic carbocycles. The maximum atomic E-state index is 12.9. The molecular formula is C12H7F4N3O3. The van der Waals surface area contributed by atoms with E-state index in [1.54, 1.807) is 0 Å². The molecule has 0 atom stereocenters. The Bertz CT molecular complexity index is 739. The van der Waals surface area contributed by atoms with E-state index >= 15 is 0 Å². The molecule has 0 radical (unpaired) electrons. The van der Waals surface area contributed by atoms with Crippen molar-refractivity contribution in [2.75, 3.05) is 5.32 Å². The molecule has 1 heterocycles. The highest BCUT2D eigenvalue weighted by Crippen LogP contribution is 2.32. The van der Waals surface area contributed by atoms with Gasteiger partial charge in [-0.2, -0.15) is 18.3 Å². The minimum absolute atomic E-state index is 0.197. The van der Waals surface area contributed by atoms with Gasteiger partial charge in [0.15, 0.2) is 5.82 Å². The molecular weight excluding hydrogens is 310 g/mol.